The zero-order valence-corrected chi connectivity index (χ0v) is 15.7. The number of aliphatic carboxylic acids is 1. The summed E-state index contributed by atoms with van der Waals surface area (Å²) in [5.74, 6) is -0.873. The summed E-state index contributed by atoms with van der Waals surface area (Å²) in [5, 5.41) is 11.8. The van der Waals surface area contributed by atoms with E-state index in [1.165, 1.54) is 0 Å². The standard InChI is InChI=1S/C20H26N4O4/c25-18-11-15(14-3-1-2-4-16(14)21-18)20(28)24-7-5-12(6-8-24)17-9-13(22-23-17)10-19(26)27/h1-4,12-13,15,17,22-23H,5-11H2,(H,21,25)(H,26,27). The topological polar surface area (TPSA) is 111 Å². The number of anilines is 1. The molecular weight excluding hydrogens is 360 g/mol. The lowest BCUT2D eigenvalue weighted by Gasteiger charge is -2.37. The van der Waals surface area contributed by atoms with Crippen LogP contribution in [0.4, 0.5) is 5.69 Å². The second kappa shape index (κ2) is 7.89. The van der Waals surface area contributed by atoms with Crippen molar-refractivity contribution < 1.29 is 19.5 Å². The molecule has 3 atom stereocenters. The molecular formula is C20H26N4O4. The first kappa shape index (κ1) is 18.9. The van der Waals surface area contributed by atoms with Gasteiger partial charge in [0.25, 0.3) is 0 Å². The fourth-order valence-electron chi connectivity index (χ4n) is 4.68. The number of carbonyl (C=O) groups excluding carboxylic acids is 2. The third-order valence-corrected chi connectivity index (χ3v) is 6.15. The first-order valence-electron chi connectivity index (χ1n) is 9.91. The van der Waals surface area contributed by atoms with Gasteiger partial charge < -0.3 is 15.3 Å². The molecule has 28 heavy (non-hydrogen) atoms. The van der Waals surface area contributed by atoms with E-state index in [4.69, 9.17) is 5.11 Å². The largest absolute Gasteiger partial charge is 0.481 e. The number of likely N-dealkylation sites (tertiary alicyclic amines) is 1. The van der Waals surface area contributed by atoms with Crippen molar-refractivity contribution in [1.29, 1.82) is 0 Å². The van der Waals surface area contributed by atoms with Crippen LogP contribution in [-0.2, 0) is 14.4 Å². The Hall–Kier alpha value is -2.45. The molecule has 0 saturated carbocycles. The molecule has 3 aliphatic rings. The molecule has 3 heterocycles. The molecule has 8 nitrogen and oxygen atoms in total. The predicted molar refractivity (Wildman–Crippen MR) is 102 cm³/mol. The molecule has 3 unspecified atom stereocenters. The molecule has 0 aromatic heterocycles. The van der Waals surface area contributed by atoms with Gasteiger partial charge in [-0.15, -0.1) is 0 Å². The summed E-state index contributed by atoms with van der Waals surface area (Å²) in [5.41, 5.74) is 7.95. The maximum Gasteiger partial charge on any atom is 0.304 e. The Balaban J connectivity index is 1.35. The monoisotopic (exact) mass is 386 g/mol. The van der Waals surface area contributed by atoms with Crippen LogP contribution < -0.4 is 16.2 Å². The van der Waals surface area contributed by atoms with Gasteiger partial charge in [-0.3, -0.25) is 25.2 Å². The number of rotatable bonds is 4. The van der Waals surface area contributed by atoms with E-state index in [-0.39, 0.29) is 36.7 Å². The lowest BCUT2D eigenvalue weighted by Crippen LogP contribution is -2.46. The fourth-order valence-corrected chi connectivity index (χ4v) is 4.68. The number of para-hydroxylation sites is 1. The normalized spacial score (nSPS) is 27.9. The van der Waals surface area contributed by atoms with Crippen LogP contribution in [0.5, 0.6) is 0 Å². The number of carboxylic acid groups (broad SMARTS) is 1. The Morgan fingerprint density at radius 3 is 2.64 bits per heavy atom. The van der Waals surface area contributed by atoms with Crippen LogP contribution in [0.15, 0.2) is 24.3 Å². The van der Waals surface area contributed by atoms with Gasteiger partial charge in [-0.2, -0.15) is 0 Å². The van der Waals surface area contributed by atoms with Crippen LogP contribution in [-0.4, -0.2) is 53.0 Å². The zero-order valence-electron chi connectivity index (χ0n) is 15.7. The van der Waals surface area contributed by atoms with Gasteiger partial charge in [-0.25, -0.2) is 0 Å². The van der Waals surface area contributed by atoms with Crippen molar-refractivity contribution in [3.05, 3.63) is 29.8 Å². The summed E-state index contributed by atoms with van der Waals surface area (Å²) < 4.78 is 0. The van der Waals surface area contributed by atoms with Crippen LogP contribution in [0, 0.1) is 5.92 Å². The Kier molecular flexibility index (Phi) is 5.32. The summed E-state index contributed by atoms with van der Waals surface area (Å²) in [6, 6.07) is 7.71. The fraction of sp³-hybridized carbons (Fsp3) is 0.550. The molecule has 2 saturated heterocycles. The van der Waals surface area contributed by atoms with E-state index in [9.17, 15) is 14.4 Å². The van der Waals surface area contributed by atoms with E-state index in [0.29, 0.717) is 19.0 Å². The summed E-state index contributed by atoms with van der Waals surface area (Å²) in [7, 11) is 0. The molecule has 0 bridgehead atoms. The Morgan fingerprint density at radius 1 is 1.14 bits per heavy atom. The molecule has 4 N–H and O–H groups in total. The third kappa shape index (κ3) is 3.88. The highest BCUT2D eigenvalue weighted by molar-refractivity contribution is 6.01. The summed E-state index contributed by atoms with van der Waals surface area (Å²) >= 11 is 0. The van der Waals surface area contributed by atoms with Gasteiger partial charge in [0.1, 0.15) is 0 Å². The molecule has 0 aliphatic carbocycles. The molecule has 150 valence electrons. The van der Waals surface area contributed by atoms with Crippen molar-refractivity contribution in [3.8, 4) is 0 Å². The number of amides is 2. The molecule has 4 rings (SSSR count). The van der Waals surface area contributed by atoms with Crippen molar-refractivity contribution in [2.75, 3.05) is 18.4 Å². The van der Waals surface area contributed by atoms with Gasteiger partial charge in [0.05, 0.1) is 12.3 Å². The molecule has 1 aromatic rings. The second-order valence-electron chi connectivity index (χ2n) is 7.98. The van der Waals surface area contributed by atoms with Gasteiger partial charge in [-0.05, 0) is 36.8 Å². The van der Waals surface area contributed by atoms with Crippen LogP contribution in [0.3, 0.4) is 0 Å². The highest BCUT2D eigenvalue weighted by atomic mass is 16.4. The van der Waals surface area contributed by atoms with Gasteiger partial charge in [0, 0.05) is 37.3 Å². The maximum atomic E-state index is 13.1. The Morgan fingerprint density at radius 2 is 1.89 bits per heavy atom. The van der Waals surface area contributed by atoms with E-state index < -0.39 is 11.9 Å². The molecule has 3 aliphatic heterocycles. The SMILES string of the molecule is O=C(O)CC1CC(C2CCN(C(=O)C3CC(=O)Nc4ccccc43)CC2)NN1. The van der Waals surface area contributed by atoms with Crippen LogP contribution in [0.1, 0.15) is 43.6 Å². The number of piperidine rings is 1. The van der Waals surface area contributed by atoms with Crippen molar-refractivity contribution in [2.24, 2.45) is 5.92 Å². The lowest BCUT2D eigenvalue weighted by molar-refractivity contribution is -0.137. The van der Waals surface area contributed by atoms with Gasteiger partial charge in [-0.1, -0.05) is 18.2 Å². The van der Waals surface area contributed by atoms with E-state index in [1.54, 1.807) is 0 Å². The molecule has 2 amide bonds. The summed E-state index contributed by atoms with van der Waals surface area (Å²) in [6.07, 6.45) is 2.86. The Bertz CT molecular complexity index is 775. The molecule has 0 spiro atoms. The first-order valence-corrected chi connectivity index (χ1v) is 9.91. The smallest absolute Gasteiger partial charge is 0.304 e. The molecule has 8 heteroatoms. The summed E-state index contributed by atoms with van der Waals surface area (Å²) in [6.45, 7) is 1.34. The number of hydrogen-bond acceptors (Lipinski definition) is 5. The number of hydrogen-bond donors (Lipinski definition) is 4. The van der Waals surface area contributed by atoms with Crippen LogP contribution >= 0.6 is 0 Å². The number of hydrazine groups is 1. The van der Waals surface area contributed by atoms with E-state index in [0.717, 1.165) is 30.5 Å². The highest BCUT2D eigenvalue weighted by Crippen LogP contribution is 2.35. The van der Waals surface area contributed by atoms with Crippen molar-refractivity contribution in [1.82, 2.24) is 15.8 Å². The number of fused-ring (bicyclic) bond motifs is 1. The lowest BCUT2D eigenvalue weighted by atomic mass is 9.85. The van der Waals surface area contributed by atoms with E-state index >= 15 is 0 Å². The summed E-state index contributed by atoms with van der Waals surface area (Å²) in [4.78, 5) is 37.9. The maximum absolute atomic E-state index is 13.1. The Labute approximate surface area is 163 Å². The second-order valence-corrected chi connectivity index (χ2v) is 7.98. The zero-order chi connectivity index (χ0) is 19.7. The average molecular weight is 386 g/mol. The minimum absolute atomic E-state index is 0.0296. The number of benzene rings is 1. The number of carboxylic acids is 1. The highest BCUT2D eigenvalue weighted by Gasteiger charge is 2.37. The third-order valence-electron chi connectivity index (χ3n) is 6.15. The van der Waals surface area contributed by atoms with Crippen molar-refractivity contribution in [3.63, 3.8) is 0 Å². The van der Waals surface area contributed by atoms with E-state index in [1.807, 2.05) is 29.2 Å². The van der Waals surface area contributed by atoms with Gasteiger partial charge in [0.2, 0.25) is 11.8 Å². The minimum Gasteiger partial charge on any atom is -0.481 e. The molecule has 1 aromatic carbocycles. The minimum atomic E-state index is -0.794. The van der Waals surface area contributed by atoms with Gasteiger partial charge >= 0.3 is 5.97 Å². The average Bonchev–Trinajstić information content (AvgIpc) is 3.14. The number of nitrogens with zero attached hydrogens (tertiary/aromatic N) is 1. The molecule has 0 radical (unpaired) electrons. The number of nitrogens with one attached hydrogen (secondary N) is 3. The van der Waals surface area contributed by atoms with Crippen LogP contribution in [0.25, 0.3) is 0 Å². The van der Waals surface area contributed by atoms with Crippen molar-refractivity contribution in [2.45, 2.75) is 50.1 Å². The predicted octanol–water partition coefficient (Wildman–Crippen LogP) is 1.06. The molecule has 2 fully saturated rings. The van der Waals surface area contributed by atoms with Crippen molar-refractivity contribution >= 4 is 23.5 Å². The van der Waals surface area contributed by atoms with Crippen LogP contribution in [0.2, 0.25) is 0 Å². The van der Waals surface area contributed by atoms with E-state index in [2.05, 4.69) is 16.2 Å². The van der Waals surface area contributed by atoms with Gasteiger partial charge in [0.15, 0.2) is 0 Å². The number of carbonyl (C=O) groups is 3. The quantitative estimate of drug-likeness (QED) is 0.616. The first-order chi connectivity index (χ1) is 13.5.